The van der Waals surface area contributed by atoms with Gasteiger partial charge in [-0.3, -0.25) is 4.98 Å². The van der Waals surface area contributed by atoms with Gasteiger partial charge in [0.15, 0.2) is 0 Å². The van der Waals surface area contributed by atoms with E-state index in [1.165, 1.54) is 24.4 Å². The van der Waals surface area contributed by atoms with Gasteiger partial charge in [-0.05, 0) is 6.07 Å². The summed E-state index contributed by atoms with van der Waals surface area (Å²) in [4.78, 5) is 3.46. The van der Waals surface area contributed by atoms with E-state index in [1.807, 2.05) is 0 Å². The molecule has 78 valence electrons. The van der Waals surface area contributed by atoms with Gasteiger partial charge in [0.25, 0.3) is 9.05 Å². The van der Waals surface area contributed by atoms with Crippen LogP contribution in [0.3, 0.4) is 0 Å². The first-order chi connectivity index (χ1) is 7.00. The van der Waals surface area contributed by atoms with Crippen molar-refractivity contribution in [2.24, 2.45) is 0 Å². The summed E-state index contributed by atoms with van der Waals surface area (Å²) in [5, 5.41) is 0.374. The van der Waals surface area contributed by atoms with Crippen LogP contribution in [0.15, 0.2) is 35.5 Å². The van der Waals surface area contributed by atoms with Crippen LogP contribution in [0.1, 0.15) is 0 Å². The molecule has 1 aromatic carbocycles. The predicted molar refractivity (Wildman–Crippen MR) is 54.7 cm³/mol. The van der Waals surface area contributed by atoms with Crippen LogP contribution in [0, 0.1) is 5.82 Å². The van der Waals surface area contributed by atoms with E-state index in [4.69, 9.17) is 10.7 Å². The second-order valence-electron chi connectivity index (χ2n) is 2.91. The fourth-order valence-electron chi connectivity index (χ4n) is 1.34. The third-order valence-electron chi connectivity index (χ3n) is 1.98. The standard InChI is InChI=1S/C9H5ClFNO2S/c10-15(13,14)9-3-1-2-6-7(9)4-12-5-8(6)11/h1-5H. The molecular formula is C9H5ClFNO2S. The Hall–Kier alpha value is -1.20. The number of halogens is 2. The van der Waals surface area contributed by atoms with E-state index in [9.17, 15) is 12.8 Å². The number of rotatable bonds is 1. The van der Waals surface area contributed by atoms with Crippen LogP contribution >= 0.6 is 10.7 Å². The van der Waals surface area contributed by atoms with Crippen LogP contribution in [0.25, 0.3) is 10.8 Å². The number of hydrogen-bond acceptors (Lipinski definition) is 3. The lowest BCUT2D eigenvalue weighted by molar-refractivity contribution is 0.610. The molecule has 1 aromatic heterocycles. The number of pyridine rings is 1. The minimum Gasteiger partial charge on any atom is -0.261 e. The molecule has 3 nitrogen and oxygen atoms in total. The van der Waals surface area contributed by atoms with E-state index < -0.39 is 14.9 Å². The quantitative estimate of drug-likeness (QED) is 0.725. The Labute approximate surface area is 89.9 Å². The van der Waals surface area contributed by atoms with Gasteiger partial charge in [0.2, 0.25) is 0 Å². The van der Waals surface area contributed by atoms with Gasteiger partial charge in [0.1, 0.15) is 5.82 Å². The number of benzene rings is 1. The smallest absolute Gasteiger partial charge is 0.261 e. The molecule has 0 amide bonds. The summed E-state index contributed by atoms with van der Waals surface area (Å²) in [6.07, 6.45) is 2.29. The lowest BCUT2D eigenvalue weighted by Gasteiger charge is -2.02. The molecule has 0 aliphatic carbocycles. The fourth-order valence-corrected chi connectivity index (χ4v) is 2.41. The lowest BCUT2D eigenvalue weighted by atomic mass is 10.2. The minimum absolute atomic E-state index is 0.131. The summed E-state index contributed by atoms with van der Waals surface area (Å²) < 4.78 is 35.6. The molecule has 2 aromatic rings. The average Bonchev–Trinajstić information content (AvgIpc) is 2.16. The molecule has 0 fully saturated rings. The molecule has 0 unspecified atom stereocenters. The zero-order valence-electron chi connectivity index (χ0n) is 7.31. The zero-order valence-corrected chi connectivity index (χ0v) is 8.89. The molecule has 0 atom stereocenters. The molecule has 0 aliphatic rings. The monoisotopic (exact) mass is 245 g/mol. The largest absolute Gasteiger partial charge is 0.261 e. The predicted octanol–water partition coefficient (Wildman–Crippen LogP) is 2.30. The summed E-state index contributed by atoms with van der Waals surface area (Å²) in [5.41, 5.74) is 0. The Morgan fingerprint density at radius 3 is 2.60 bits per heavy atom. The topological polar surface area (TPSA) is 47.0 Å². The van der Waals surface area contributed by atoms with Gasteiger partial charge in [-0.1, -0.05) is 12.1 Å². The van der Waals surface area contributed by atoms with E-state index in [2.05, 4.69) is 4.98 Å². The number of aromatic nitrogens is 1. The second kappa shape index (κ2) is 3.43. The molecule has 6 heteroatoms. The summed E-state index contributed by atoms with van der Waals surface area (Å²) in [6, 6.07) is 4.21. The number of fused-ring (bicyclic) bond motifs is 1. The summed E-state index contributed by atoms with van der Waals surface area (Å²) >= 11 is 0. The summed E-state index contributed by atoms with van der Waals surface area (Å²) in [6.45, 7) is 0. The molecule has 2 rings (SSSR count). The van der Waals surface area contributed by atoms with Gasteiger partial charge < -0.3 is 0 Å². The molecule has 0 saturated carbocycles. The highest BCUT2D eigenvalue weighted by molar-refractivity contribution is 8.14. The van der Waals surface area contributed by atoms with Crippen molar-refractivity contribution >= 4 is 30.5 Å². The van der Waals surface area contributed by atoms with Gasteiger partial charge in [-0.15, -0.1) is 0 Å². The normalized spacial score (nSPS) is 11.9. The Balaban J connectivity index is 2.96. The van der Waals surface area contributed by atoms with Crippen molar-refractivity contribution < 1.29 is 12.8 Å². The fraction of sp³-hybridized carbons (Fsp3) is 0. The van der Waals surface area contributed by atoms with Crippen molar-refractivity contribution in [2.75, 3.05) is 0 Å². The first kappa shape index (κ1) is 10.3. The second-order valence-corrected chi connectivity index (χ2v) is 5.44. The van der Waals surface area contributed by atoms with Crippen LogP contribution in [0.4, 0.5) is 4.39 Å². The SMILES string of the molecule is O=S(=O)(Cl)c1cccc2c(F)cncc12. The number of nitrogens with zero attached hydrogens (tertiary/aromatic N) is 1. The van der Waals surface area contributed by atoms with Crippen molar-refractivity contribution in [1.82, 2.24) is 4.98 Å². The van der Waals surface area contributed by atoms with Crippen molar-refractivity contribution in [3.63, 3.8) is 0 Å². The van der Waals surface area contributed by atoms with Gasteiger partial charge in [0.05, 0.1) is 11.1 Å². The van der Waals surface area contributed by atoms with Crippen molar-refractivity contribution in [3.05, 3.63) is 36.4 Å². The van der Waals surface area contributed by atoms with Crippen molar-refractivity contribution in [2.45, 2.75) is 4.90 Å². The Kier molecular flexibility index (Phi) is 2.36. The average molecular weight is 246 g/mol. The van der Waals surface area contributed by atoms with Crippen molar-refractivity contribution in [1.29, 1.82) is 0 Å². The highest BCUT2D eigenvalue weighted by Gasteiger charge is 2.15. The third kappa shape index (κ3) is 1.80. The van der Waals surface area contributed by atoms with E-state index in [1.54, 1.807) is 0 Å². The first-order valence-electron chi connectivity index (χ1n) is 3.97. The lowest BCUT2D eigenvalue weighted by Crippen LogP contribution is -1.93. The van der Waals surface area contributed by atoms with Crippen molar-refractivity contribution in [3.8, 4) is 0 Å². The molecule has 0 spiro atoms. The van der Waals surface area contributed by atoms with E-state index in [-0.39, 0.29) is 15.7 Å². The Morgan fingerprint density at radius 1 is 1.20 bits per heavy atom. The Morgan fingerprint density at radius 2 is 1.93 bits per heavy atom. The highest BCUT2D eigenvalue weighted by atomic mass is 35.7. The maximum Gasteiger partial charge on any atom is 0.261 e. The van der Waals surface area contributed by atoms with Gasteiger partial charge in [-0.25, -0.2) is 12.8 Å². The zero-order chi connectivity index (χ0) is 11.1. The third-order valence-corrected chi connectivity index (χ3v) is 3.36. The maximum absolute atomic E-state index is 13.3. The summed E-state index contributed by atoms with van der Waals surface area (Å²) in [5.74, 6) is -0.574. The van der Waals surface area contributed by atoms with Crippen LogP contribution < -0.4 is 0 Å². The van der Waals surface area contributed by atoms with Crippen LogP contribution in [0.5, 0.6) is 0 Å². The molecule has 15 heavy (non-hydrogen) atoms. The molecule has 0 aliphatic heterocycles. The van der Waals surface area contributed by atoms with E-state index in [0.717, 1.165) is 6.20 Å². The molecule has 1 heterocycles. The molecular weight excluding hydrogens is 241 g/mol. The first-order valence-corrected chi connectivity index (χ1v) is 6.28. The Bertz CT molecular complexity index is 627. The van der Waals surface area contributed by atoms with E-state index in [0.29, 0.717) is 0 Å². The highest BCUT2D eigenvalue weighted by Crippen LogP contribution is 2.26. The summed E-state index contributed by atoms with van der Waals surface area (Å²) in [7, 11) is 1.33. The van der Waals surface area contributed by atoms with Gasteiger partial charge in [-0.2, -0.15) is 0 Å². The van der Waals surface area contributed by atoms with Crippen LogP contribution in [0.2, 0.25) is 0 Å². The molecule has 0 N–H and O–H groups in total. The number of hydrogen-bond donors (Lipinski definition) is 0. The molecule has 0 radical (unpaired) electrons. The van der Waals surface area contributed by atoms with Crippen LogP contribution in [-0.2, 0) is 9.05 Å². The maximum atomic E-state index is 13.3. The van der Waals surface area contributed by atoms with Gasteiger partial charge >= 0.3 is 0 Å². The minimum atomic E-state index is -3.88. The molecule has 0 bridgehead atoms. The van der Waals surface area contributed by atoms with Gasteiger partial charge in [0, 0.05) is 27.7 Å². The molecule has 0 saturated heterocycles. The van der Waals surface area contributed by atoms with E-state index >= 15 is 0 Å². The van der Waals surface area contributed by atoms with Crippen LogP contribution in [-0.4, -0.2) is 13.4 Å².